The highest BCUT2D eigenvalue weighted by Crippen LogP contribution is 2.24. The molecule has 148 valence electrons. The molecule has 1 atom stereocenters. The number of nitrogens with one attached hydrogen (secondary N) is 1. The van der Waals surface area contributed by atoms with Crippen LogP contribution >= 0.6 is 0 Å². The van der Waals surface area contributed by atoms with Gasteiger partial charge in [-0.3, -0.25) is 14.5 Å². The van der Waals surface area contributed by atoms with Gasteiger partial charge >= 0.3 is 0 Å². The predicted octanol–water partition coefficient (Wildman–Crippen LogP) is 3.48. The summed E-state index contributed by atoms with van der Waals surface area (Å²) in [4.78, 5) is 29.6. The number of aryl methyl sites for hydroxylation is 1. The van der Waals surface area contributed by atoms with Crippen LogP contribution < -0.4 is 5.32 Å². The van der Waals surface area contributed by atoms with Gasteiger partial charge in [0, 0.05) is 18.8 Å². The molecule has 0 aromatic heterocycles. The second-order valence-electron chi connectivity index (χ2n) is 7.32. The Bertz CT molecular complexity index is 801. The number of para-hydroxylation sites is 1. The molecular formula is C23H29N3O2. The first-order valence-corrected chi connectivity index (χ1v) is 10.0. The van der Waals surface area contributed by atoms with Gasteiger partial charge < -0.3 is 10.2 Å². The van der Waals surface area contributed by atoms with Gasteiger partial charge in [0.1, 0.15) is 6.04 Å². The maximum absolute atomic E-state index is 13.2. The Balaban J connectivity index is 1.74. The van der Waals surface area contributed by atoms with Gasteiger partial charge in [-0.15, -0.1) is 0 Å². The van der Waals surface area contributed by atoms with Crippen molar-refractivity contribution < 1.29 is 9.59 Å². The maximum atomic E-state index is 13.2. The number of carbonyl (C=O) groups excluding carboxylic acids is 2. The summed E-state index contributed by atoms with van der Waals surface area (Å²) in [5.41, 5.74) is 2.86. The minimum atomic E-state index is -0.452. The van der Waals surface area contributed by atoms with E-state index in [1.807, 2.05) is 71.4 Å². The van der Waals surface area contributed by atoms with Crippen LogP contribution in [0.25, 0.3) is 0 Å². The molecule has 0 saturated carbocycles. The monoisotopic (exact) mass is 379 g/mol. The summed E-state index contributed by atoms with van der Waals surface area (Å²) >= 11 is 0. The Hall–Kier alpha value is -2.66. The molecule has 2 amide bonds. The van der Waals surface area contributed by atoms with Crippen molar-refractivity contribution in [2.75, 3.05) is 32.0 Å². The lowest BCUT2D eigenvalue weighted by atomic mass is 10.0. The molecule has 5 heteroatoms. The third-order valence-electron chi connectivity index (χ3n) is 5.27. The van der Waals surface area contributed by atoms with E-state index in [9.17, 15) is 9.59 Å². The normalized spacial score (nSPS) is 14.9. The number of hydrogen-bond donors (Lipinski definition) is 1. The summed E-state index contributed by atoms with van der Waals surface area (Å²) in [6.07, 6.45) is 2.95. The van der Waals surface area contributed by atoms with E-state index in [0.717, 1.165) is 49.2 Å². The van der Waals surface area contributed by atoms with E-state index >= 15 is 0 Å². The molecule has 2 aromatic carbocycles. The van der Waals surface area contributed by atoms with Gasteiger partial charge in [-0.1, -0.05) is 55.5 Å². The van der Waals surface area contributed by atoms with Gasteiger partial charge in [0.25, 0.3) is 0 Å². The first kappa shape index (κ1) is 20.1. The molecule has 1 unspecified atom stereocenters. The average Bonchev–Trinajstić information content (AvgIpc) is 3.24. The Kier molecular flexibility index (Phi) is 6.82. The van der Waals surface area contributed by atoms with E-state index in [1.54, 1.807) is 0 Å². The molecule has 28 heavy (non-hydrogen) atoms. The van der Waals surface area contributed by atoms with Crippen molar-refractivity contribution in [3.05, 3.63) is 65.7 Å². The van der Waals surface area contributed by atoms with Crippen molar-refractivity contribution in [3.8, 4) is 0 Å². The van der Waals surface area contributed by atoms with E-state index in [0.29, 0.717) is 0 Å². The van der Waals surface area contributed by atoms with Crippen molar-refractivity contribution in [2.45, 2.75) is 32.2 Å². The smallest absolute Gasteiger partial charge is 0.244 e. The molecule has 2 aromatic rings. The van der Waals surface area contributed by atoms with Gasteiger partial charge in [0.2, 0.25) is 11.8 Å². The molecule has 1 fully saturated rings. The van der Waals surface area contributed by atoms with Gasteiger partial charge in [0.05, 0.1) is 6.54 Å². The van der Waals surface area contributed by atoms with Crippen LogP contribution in [0.1, 0.15) is 36.9 Å². The van der Waals surface area contributed by atoms with E-state index in [1.165, 1.54) is 0 Å². The number of benzene rings is 2. The van der Waals surface area contributed by atoms with Crippen molar-refractivity contribution in [1.82, 2.24) is 9.80 Å². The molecule has 5 nitrogen and oxygen atoms in total. The third kappa shape index (κ3) is 4.78. The molecule has 1 N–H and O–H groups in total. The Morgan fingerprint density at radius 2 is 1.68 bits per heavy atom. The topological polar surface area (TPSA) is 52.7 Å². The number of carbonyl (C=O) groups is 2. The minimum absolute atomic E-state index is 0.0768. The Morgan fingerprint density at radius 3 is 2.36 bits per heavy atom. The zero-order valence-corrected chi connectivity index (χ0v) is 16.7. The standard InChI is InChI=1S/C23H29N3O2/c1-3-18-11-7-8-14-20(18)24-21(27)17-25(2)22(19-12-5-4-6-13-19)23(28)26-15-9-10-16-26/h4-8,11-14,22H,3,9-10,15-17H2,1-2H3,(H,24,27). The molecule has 1 aliphatic heterocycles. The zero-order valence-electron chi connectivity index (χ0n) is 16.7. The number of amides is 2. The number of rotatable bonds is 7. The van der Waals surface area contributed by atoms with Crippen molar-refractivity contribution >= 4 is 17.5 Å². The van der Waals surface area contributed by atoms with Gasteiger partial charge in [-0.25, -0.2) is 0 Å². The molecule has 1 aliphatic rings. The van der Waals surface area contributed by atoms with Crippen LogP contribution in [0.3, 0.4) is 0 Å². The van der Waals surface area contributed by atoms with E-state index < -0.39 is 6.04 Å². The van der Waals surface area contributed by atoms with Crippen molar-refractivity contribution in [1.29, 1.82) is 0 Å². The summed E-state index contributed by atoms with van der Waals surface area (Å²) in [5, 5.41) is 3.00. The highest BCUT2D eigenvalue weighted by atomic mass is 16.2. The fourth-order valence-corrected chi connectivity index (χ4v) is 3.79. The van der Waals surface area contributed by atoms with E-state index in [4.69, 9.17) is 0 Å². The number of nitrogens with zero attached hydrogens (tertiary/aromatic N) is 2. The van der Waals surface area contributed by atoms with Crippen LogP contribution in [0.2, 0.25) is 0 Å². The first-order chi connectivity index (χ1) is 13.6. The van der Waals surface area contributed by atoms with Crippen molar-refractivity contribution in [2.24, 2.45) is 0 Å². The van der Waals surface area contributed by atoms with Gasteiger partial charge in [-0.05, 0) is 43.5 Å². The molecule has 1 heterocycles. The fourth-order valence-electron chi connectivity index (χ4n) is 3.79. The van der Waals surface area contributed by atoms with Crippen LogP contribution in [0.4, 0.5) is 5.69 Å². The Morgan fingerprint density at radius 1 is 1.04 bits per heavy atom. The number of likely N-dealkylation sites (N-methyl/N-ethyl adjacent to an activating group) is 1. The first-order valence-electron chi connectivity index (χ1n) is 10.0. The number of hydrogen-bond acceptors (Lipinski definition) is 3. The zero-order chi connectivity index (χ0) is 19.9. The molecule has 0 spiro atoms. The molecule has 0 bridgehead atoms. The Labute approximate surface area is 167 Å². The third-order valence-corrected chi connectivity index (χ3v) is 5.27. The highest BCUT2D eigenvalue weighted by molar-refractivity contribution is 5.93. The molecule has 1 saturated heterocycles. The second-order valence-corrected chi connectivity index (χ2v) is 7.32. The number of anilines is 1. The number of likely N-dealkylation sites (tertiary alicyclic amines) is 1. The molecule has 3 rings (SSSR count). The molecule has 0 radical (unpaired) electrons. The van der Waals surface area contributed by atoms with E-state index in [2.05, 4.69) is 12.2 Å². The quantitative estimate of drug-likeness (QED) is 0.801. The maximum Gasteiger partial charge on any atom is 0.244 e. The summed E-state index contributed by atoms with van der Waals surface area (Å²) < 4.78 is 0. The summed E-state index contributed by atoms with van der Waals surface area (Å²) in [6.45, 7) is 3.81. The fraction of sp³-hybridized carbons (Fsp3) is 0.391. The highest BCUT2D eigenvalue weighted by Gasteiger charge is 2.31. The lowest BCUT2D eigenvalue weighted by Gasteiger charge is -2.30. The average molecular weight is 380 g/mol. The molecular weight excluding hydrogens is 350 g/mol. The predicted molar refractivity (Wildman–Crippen MR) is 112 cm³/mol. The van der Waals surface area contributed by atoms with Crippen LogP contribution in [-0.4, -0.2) is 48.3 Å². The van der Waals surface area contributed by atoms with E-state index in [-0.39, 0.29) is 18.4 Å². The minimum Gasteiger partial charge on any atom is -0.341 e. The van der Waals surface area contributed by atoms with Crippen LogP contribution in [0, 0.1) is 0 Å². The van der Waals surface area contributed by atoms with Crippen LogP contribution in [-0.2, 0) is 16.0 Å². The summed E-state index contributed by atoms with van der Waals surface area (Å²) in [6, 6.07) is 17.1. The second kappa shape index (κ2) is 9.51. The lowest BCUT2D eigenvalue weighted by Crippen LogP contribution is -2.43. The van der Waals surface area contributed by atoms with Crippen LogP contribution in [0.15, 0.2) is 54.6 Å². The van der Waals surface area contributed by atoms with Gasteiger partial charge in [0.15, 0.2) is 0 Å². The van der Waals surface area contributed by atoms with Crippen molar-refractivity contribution in [3.63, 3.8) is 0 Å². The van der Waals surface area contributed by atoms with Gasteiger partial charge in [-0.2, -0.15) is 0 Å². The largest absolute Gasteiger partial charge is 0.341 e. The molecule has 0 aliphatic carbocycles. The summed E-state index contributed by atoms with van der Waals surface area (Å²) in [5.74, 6) is -0.0356. The SMILES string of the molecule is CCc1ccccc1NC(=O)CN(C)C(C(=O)N1CCCC1)c1ccccc1. The summed E-state index contributed by atoms with van der Waals surface area (Å²) in [7, 11) is 1.84. The van der Waals surface area contributed by atoms with Crippen LogP contribution in [0.5, 0.6) is 0 Å². The lowest BCUT2D eigenvalue weighted by molar-refractivity contribution is -0.136.